The first kappa shape index (κ1) is 17.9. The Kier molecular flexibility index (Phi) is 5.84. The second-order valence-electron chi connectivity index (χ2n) is 6.19. The molecule has 0 saturated heterocycles. The predicted molar refractivity (Wildman–Crippen MR) is 101 cm³/mol. The Labute approximate surface area is 153 Å². The minimum atomic E-state index is 0.0554. The van der Waals surface area contributed by atoms with E-state index in [9.17, 15) is 4.79 Å². The maximum atomic E-state index is 12.0. The van der Waals surface area contributed by atoms with Crippen LogP contribution in [-0.4, -0.2) is 27.6 Å². The summed E-state index contributed by atoms with van der Waals surface area (Å²) >= 11 is 0. The van der Waals surface area contributed by atoms with Crippen molar-refractivity contribution >= 4 is 17.1 Å². The first-order valence-corrected chi connectivity index (χ1v) is 8.91. The van der Waals surface area contributed by atoms with Crippen LogP contribution in [0.25, 0.3) is 11.2 Å². The number of rotatable bonds is 8. The van der Waals surface area contributed by atoms with Crippen molar-refractivity contribution in [3.8, 4) is 5.75 Å². The summed E-state index contributed by atoms with van der Waals surface area (Å²) in [5, 5.41) is 2.97. The average molecular weight is 352 g/mol. The number of carbonyl (C=O) groups excluding carboxylic acids is 1. The molecule has 0 radical (unpaired) electrons. The van der Waals surface area contributed by atoms with Gasteiger partial charge in [0, 0.05) is 12.6 Å². The van der Waals surface area contributed by atoms with Gasteiger partial charge in [-0.2, -0.15) is 0 Å². The van der Waals surface area contributed by atoms with Gasteiger partial charge in [-0.1, -0.05) is 25.5 Å². The van der Waals surface area contributed by atoms with E-state index >= 15 is 0 Å². The summed E-state index contributed by atoms with van der Waals surface area (Å²) in [5.74, 6) is 1.67. The third-order valence-electron chi connectivity index (χ3n) is 4.26. The first-order valence-electron chi connectivity index (χ1n) is 8.91. The van der Waals surface area contributed by atoms with Crippen LogP contribution in [0.1, 0.15) is 37.6 Å². The van der Waals surface area contributed by atoms with Gasteiger partial charge < -0.3 is 14.6 Å². The van der Waals surface area contributed by atoms with E-state index in [1.54, 1.807) is 13.3 Å². The fraction of sp³-hybridized carbons (Fsp3) is 0.350. The summed E-state index contributed by atoms with van der Waals surface area (Å²) in [4.78, 5) is 21.1. The predicted octanol–water partition coefficient (Wildman–Crippen LogP) is 3.29. The van der Waals surface area contributed by atoms with Crippen molar-refractivity contribution in [2.75, 3.05) is 7.11 Å². The van der Waals surface area contributed by atoms with Crippen LogP contribution in [0.15, 0.2) is 42.6 Å². The number of hydrogen-bond donors (Lipinski definition) is 1. The van der Waals surface area contributed by atoms with Crippen LogP contribution in [0.5, 0.6) is 5.75 Å². The molecule has 26 heavy (non-hydrogen) atoms. The van der Waals surface area contributed by atoms with E-state index in [0.29, 0.717) is 19.5 Å². The zero-order chi connectivity index (χ0) is 18.4. The normalized spacial score (nSPS) is 10.8. The highest BCUT2D eigenvalue weighted by Gasteiger charge is 2.13. The number of pyridine rings is 1. The number of benzene rings is 1. The lowest BCUT2D eigenvalue weighted by molar-refractivity contribution is -0.121. The van der Waals surface area contributed by atoms with Crippen molar-refractivity contribution in [1.29, 1.82) is 0 Å². The molecule has 0 atom stereocenters. The van der Waals surface area contributed by atoms with Gasteiger partial charge in [0.1, 0.15) is 17.1 Å². The first-order chi connectivity index (χ1) is 12.7. The Hall–Kier alpha value is -2.89. The molecule has 2 aromatic heterocycles. The van der Waals surface area contributed by atoms with Crippen molar-refractivity contribution in [2.45, 2.75) is 39.3 Å². The van der Waals surface area contributed by atoms with Gasteiger partial charge in [-0.15, -0.1) is 0 Å². The maximum absolute atomic E-state index is 12.0. The van der Waals surface area contributed by atoms with Gasteiger partial charge in [0.05, 0.1) is 20.2 Å². The van der Waals surface area contributed by atoms with Crippen molar-refractivity contribution in [3.05, 3.63) is 54.0 Å². The Bertz CT molecular complexity index is 888. The van der Waals surface area contributed by atoms with E-state index < -0.39 is 0 Å². The summed E-state index contributed by atoms with van der Waals surface area (Å²) in [6.45, 7) is 3.08. The van der Waals surface area contributed by atoms with Crippen LogP contribution >= 0.6 is 0 Å². The minimum Gasteiger partial charge on any atom is -0.497 e. The highest BCUT2D eigenvalue weighted by atomic mass is 16.5. The molecule has 0 fully saturated rings. The molecule has 6 nitrogen and oxygen atoms in total. The van der Waals surface area contributed by atoms with E-state index in [1.165, 1.54) is 0 Å². The molecule has 0 aliphatic carbocycles. The number of fused-ring (bicyclic) bond motifs is 1. The zero-order valence-corrected chi connectivity index (χ0v) is 15.2. The molecule has 0 spiro atoms. The molecule has 0 aliphatic heterocycles. The maximum Gasteiger partial charge on any atom is 0.220 e. The smallest absolute Gasteiger partial charge is 0.220 e. The highest BCUT2D eigenvalue weighted by molar-refractivity contribution is 5.76. The van der Waals surface area contributed by atoms with Gasteiger partial charge in [-0.25, -0.2) is 9.97 Å². The van der Waals surface area contributed by atoms with Gasteiger partial charge in [0.15, 0.2) is 5.65 Å². The summed E-state index contributed by atoms with van der Waals surface area (Å²) in [6.07, 6.45) is 4.21. The quantitative estimate of drug-likeness (QED) is 0.675. The van der Waals surface area contributed by atoms with Crippen LogP contribution in [0.3, 0.4) is 0 Å². The Morgan fingerprint density at radius 1 is 1.27 bits per heavy atom. The number of nitrogens with one attached hydrogen (secondary N) is 1. The van der Waals surface area contributed by atoms with Gasteiger partial charge in [0.25, 0.3) is 0 Å². The number of amides is 1. The monoisotopic (exact) mass is 352 g/mol. The number of hydrogen-bond acceptors (Lipinski definition) is 4. The summed E-state index contributed by atoms with van der Waals surface area (Å²) in [6, 6.07) is 11.7. The number of carbonyl (C=O) groups is 1. The van der Waals surface area contributed by atoms with Crippen molar-refractivity contribution in [1.82, 2.24) is 19.9 Å². The third kappa shape index (κ3) is 4.20. The Morgan fingerprint density at radius 3 is 2.96 bits per heavy atom. The lowest BCUT2D eigenvalue weighted by atomic mass is 10.2. The van der Waals surface area contributed by atoms with Crippen LogP contribution in [0.4, 0.5) is 0 Å². The Balaban J connectivity index is 1.85. The van der Waals surface area contributed by atoms with E-state index in [4.69, 9.17) is 4.74 Å². The minimum absolute atomic E-state index is 0.0554. The number of nitrogens with zero attached hydrogens (tertiary/aromatic N) is 3. The fourth-order valence-electron chi connectivity index (χ4n) is 2.86. The number of unbranched alkanes of at least 4 members (excludes halogenated alkanes) is 1. The summed E-state index contributed by atoms with van der Waals surface area (Å²) in [5.41, 5.74) is 2.73. The molecule has 3 rings (SSSR count). The highest BCUT2D eigenvalue weighted by Crippen LogP contribution is 2.18. The average Bonchev–Trinajstić information content (AvgIpc) is 3.02. The van der Waals surface area contributed by atoms with Crippen molar-refractivity contribution in [2.24, 2.45) is 0 Å². The molecule has 1 aromatic carbocycles. The molecule has 1 N–H and O–H groups in total. The van der Waals surface area contributed by atoms with Crippen molar-refractivity contribution < 1.29 is 9.53 Å². The number of ether oxygens (including phenoxy) is 1. The number of imidazole rings is 1. The molecule has 0 aliphatic rings. The SMILES string of the molecule is CCCCC(=O)NCc1nc2cccnc2n1Cc1cccc(OC)c1. The number of aromatic nitrogens is 3. The molecule has 2 heterocycles. The summed E-state index contributed by atoms with van der Waals surface area (Å²) < 4.78 is 7.36. The molecular formula is C20H24N4O2. The fourth-order valence-corrected chi connectivity index (χ4v) is 2.86. The molecule has 0 unspecified atom stereocenters. The molecule has 1 amide bonds. The lowest BCUT2D eigenvalue weighted by Gasteiger charge is -2.11. The third-order valence-corrected chi connectivity index (χ3v) is 4.26. The van der Waals surface area contributed by atoms with E-state index in [1.807, 2.05) is 41.0 Å². The zero-order valence-electron chi connectivity index (χ0n) is 15.2. The van der Waals surface area contributed by atoms with Gasteiger partial charge >= 0.3 is 0 Å². The lowest BCUT2D eigenvalue weighted by Crippen LogP contribution is -2.24. The van der Waals surface area contributed by atoms with Crippen LogP contribution in [0, 0.1) is 0 Å². The molecule has 0 saturated carbocycles. The van der Waals surface area contributed by atoms with Crippen molar-refractivity contribution in [3.63, 3.8) is 0 Å². The van der Waals surface area contributed by atoms with E-state index in [2.05, 4.69) is 22.2 Å². The van der Waals surface area contributed by atoms with E-state index in [-0.39, 0.29) is 5.91 Å². The largest absolute Gasteiger partial charge is 0.497 e. The number of methoxy groups -OCH3 is 1. The standard InChI is InChI=1S/C20H24N4O2/c1-3-4-10-19(25)22-13-18-23-17-9-6-11-21-20(17)24(18)14-15-7-5-8-16(12-15)26-2/h5-9,11-12H,3-4,10,13-14H2,1-2H3,(H,22,25). The van der Waals surface area contributed by atoms with Crippen LogP contribution in [0.2, 0.25) is 0 Å². The molecule has 3 aromatic rings. The molecule has 136 valence electrons. The van der Waals surface area contributed by atoms with Gasteiger partial charge in [0.2, 0.25) is 5.91 Å². The van der Waals surface area contributed by atoms with E-state index in [0.717, 1.165) is 41.1 Å². The summed E-state index contributed by atoms with van der Waals surface area (Å²) in [7, 11) is 1.66. The molecule has 0 bridgehead atoms. The van der Waals surface area contributed by atoms with Crippen LogP contribution in [-0.2, 0) is 17.9 Å². The van der Waals surface area contributed by atoms with Crippen LogP contribution < -0.4 is 10.1 Å². The second-order valence-corrected chi connectivity index (χ2v) is 6.19. The second kappa shape index (κ2) is 8.47. The molecule has 6 heteroatoms. The Morgan fingerprint density at radius 2 is 2.15 bits per heavy atom. The van der Waals surface area contributed by atoms with Gasteiger partial charge in [-0.3, -0.25) is 4.79 Å². The van der Waals surface area contributed by atoms with Gasteiger partial charge in [-0.05, 0) is 36.2 Å². The topological polar surface area (TPSA) is 69.0 Å². The molecular weight excluding hydrogens is 328 g/mol.